The van der Waals surface area contributed by atoms with Crippen LogP contribution in [0.15, 0.2) is 30.5 Å². The third kappa shape index (κ3) is 3.01. The minimum absolute atomic E-state index is 0.0359. The maximum atomic E-state index is 12.1. The van der Waals surface area contributed by atoms with Gasteiger partial charge in [-0.15, -0.1) is 0 Å². The lowest BCUT2D eigenvalue weighted by molar-refractivity contribution is 0.100. The van der Waals surface area contributed by atoms with Gasteiger partial charge in [0.1, 0.15) is 5.69 Å². The highest BCUT2D eigenvalue weighted by molar-refractivity contribution is 14.1. The molecule has 1 amide bonds. The molecule has 0 saturated carbocycles. The van der Waals surface area contributed by atoms with Crippen molar-refractivity contribution in [1.82, 2.24) is 9.78 Å². The van der Waals surface area contributed by atoms with Crippen molar-refractivity contribution in [1.29, 1.82) is 0 Å². The third-order valence-electron chi connectivity index (χ3n) is 2.64. The van der Waals surface area contributed by atoms with Gasteiger partial charge in [-0.05, 0) is 41.6 Å². The number of carbonyl (C=O) groups is 2. The molecule has 1 heterocycles. The summed E-state index contributed by atoms with van der Waals surface area (Å²) in [6.07, 6.45) is 1.63. The summed E-state index contributed by atoms with van der Waals surface area (Å²) in [6, 6.07) is 6.85. The van der Waals surface area contributed by atoms with Crippen molar-refractivity contribution >= 4 is 40.0 Å². The summed E-state index contributed by atoms with van der Waals surface area (Å²) < 4.78 is 2.30. The van der Waals surface area contributed by atoms with Gasteiger partial charge in [-0.1, -0.05) is 12.1 Å². The average Bonchev–Trinajstić information content (AvgIpc) is 2.69. The minimum Gasteiger partial charge on any atom is -0.321 e. The van der Waals surface area contributed by atoms with Crippen LogP contribution in [0.1, 0.15) is 27.8 Å². The van der Waals surface area contributed by atoms with Gasteiger partial charge in [0.05, 0.1) is 9.77 Å². The van der Waals surface area contributed by atoms with E-state index in [0.29, 0.717) is 16.9 Å². The predicted octanol–water partition coefficient (Wildman–Crippen LogP) is 2.48. The monoisotopic (exact) mass is 369 g/mol. The van der Waals surface area contributed by atoms with E-state index >= 15 is 0 Å². The van der Waals surface area contributed by atoms with Gasteiger partial charge in [-0.2, -0.15) is 5.10 Å². The highest BCUT2D eigenvalue weighted by Gasteiger charge is 2.15. The van der Waals surface area contributed by atoms with Gasteiger partial charge in [0.25, 0.3) is 5.91 Å². The number of Topliss-reactive ketones (excluding diaryl/α,β-unsaturated/α-hetero) is 1. The number of carbonyl (C=O) groups excluding carboxylic acids is 2. The van der Waals surface area contributed by atoms with Gasteiger partial charge in [-0.3, -0.25) is 14.3 Å². The Morgan fingerprint density at radius 1 is 1.37 bits per heavy atom. The Morgan fingerprint density at radius 3 is 2.68 bits per heavy atom. The molecule has 1 aromatic carbocycles. The van der Waals surface area contributed by atoms with Gasteiger partial charge in [0, 0.05) is 18.3 Å². The smallest absolute Gasteiger partial charge is 0.275 e. The fourth-order valence-electron chi connectivity index (χ4n) is 1.67. The number of amides is 1. The Bertz CT molecular complexity index is 630. The highest BCUT2D eigenvalue weighted by atomic mass is 127. The zero-order valence-electron chi connectivity index (χ0n) is 10.5. The molecule has 0 aliphatic rings. The summed E-state index contributed by atoms with van der Waals surface area (Å²) in [5.41, 5.74) is 1.65. The van der Waals surface area contributed by atoms with E-state index in [2.05, 4.69) is 33.0 Å². The van der Waals surface area contributed by atoms with Crippen LogP contribution < -0.4 is 5.32 Å². The molecular formula is C13H12IN3O2. The molecule has 0 spiro atoms. The number of halogens is 1. The van der Waals surface area contributed by atoms with Gasteiger partial charge in [0.15, 0.2) is 5.78 Å². The molecule has 98 valence electrons. The van der Waals surface area contributed by atoms with Crippen molar-refractivity contribution in [2.45, 2.75) is 6.92 Å². The summed E-state index contributed by atoms with van der Waals surface area (Å²) in [4.78, 5) is 23.4. The molecule has 0 aliphatic heterocycles. The highest BCUT2D eigenvalue weighted by Crippen LogP contribution is 2.15. The second-order valence-corrected chi connectivity index (χ2v) is 5.22. The number of hydrogen-bond acceptors (Lipinski definition) is 3. The molecule has 6 heteroatoms. The normalized spacial score (nSPS) is 10.3. The van der Waals surface area contributed by atoms with Crippen LogP contribution in [0.2, 0.25) is 0 Å². The Balaban J connectivity index is 2.24. The van der Waals surface area contributed by atoms with E-state index in [-0.39, 0.29) is 11.7 Å². The summed E-state index contributed by atoms with van der Waals surface area (Å²) in [7, 11) is 1.71. The SMILES string of the molecule is CC(=O)c1cccc(NC(=O)c2c(I)cnn2C)c1. The topological polar surface area (TPSA) is 64.0 Å². The van der Waals surface area contributed by atoms with Gasteiger partial charge in [-0.25, -0.2) is 0 Å². The van der Waals surface area contributed by atoms with Crippen LogP contribution in [0, 0.1) is 3.57 Å². The van der Waals surface area contributed by atoms with Gasteiger partial charge < -0.3 is 5.32 Å². The van der Waals surface area contributed by atoms with Crippen LogP contribution >= 0.6 is 22.6 Å². The lowest BCUT2D eigenvalue weighted by atomic mass is 10.1. The fourth-order valence-corrected chi connectivity index (χ4v) is 2.39. The second kappa shape index (κ2) is 5.52. The van der Waals surface area contributed by atoms with Crippen molar-refractivity contribution in [3.8, 4) is 0 Å². The number of aromatic nitrogens is 2. The van der Waals surface area contributed by atoms with Crippen LogP contribution in [-0.4, -0.2) is 21.5 Å². The number of anilines is 1. The first-order valence-electron chi connectivity index (χ1n) is 5.59. The molecule has 0 fully saturated rings. The largest absolute Gasteiger partial charge is 0.321 e. The number of nitrogens with zero attached hydrogens (tertiary/aromatic N) is 2. The summed E-state index contributed by atoms with van der Waals surface area (Å²) in [5.74, 6) is -0.281. The van der Waals surface area contributed by atoms with Crippen LogP contribution in [0.25, 0.3) is 0 Å². The number of hydrogen-bond donors (Lipinski definition) is 1. The summed E-state index contributed by atoms with van der Waals surface area (Å²) >= 11 is 2.06. The van der Waals surface area contributed by atoms with E-state index in [9.17, 15) is 9.59 Å². The van der Waals surface area contributed by atoms with E-state index in [1.54, 1.807) is 37.5 Å². The Labute approximate surface area is 124 Å². The molecule has 0 unspecified atom stereocenters. The molecule has 5 nitrogen and oxygen atoms in total. The molecule has 1 aromatic heterocycles. The number of benzene rings is 1. The number of aryl methyl sites for hydroxylation is 1. The minimum atomic E-state index is -0.245. The van der Waals surface area contributed by atoms with Gasteiger partial charge in [0.2, 0.25) is 0 Å². The Kier molecular flexibility index (Phi) is 3.98. The van der Waals surface area contributed by atoms with Crippen molar-refractivity contribution in [2.24, 2.45) is 7.05 Å². The van der Waals surface area contributed by atoms with E-state index in [4.69, 9.17) is 0 Å². The average molecular weight is 369 g/mol. The first-order chi connectivity index (χ1) is 8.99. The zero-order chi connectivity index (χ0) is 14.0. The Morgan fingerprint density at radius 2 is 2.11 bits per heavy atom. The Hall–Kier alpha value is -1.70. The van der Waals surface area contributed by atoms with Crippen LogP contribution in [0.4, 0.5) is 5.69 Å². The summed E-state index contributed by atoms with van der Waals surface area (Å²) in [5, 5.41) is 6.78. The number of ketones is 1. The van der Waals surface area contributed by atoms with E-state index in [1.165, 1.54) is 11.6 Å². The molecule has 2 aromatic rings. The van der Waals surface area contributed by atoms with E-state index in [0.717, 1.165) is 3.57 Å². The number of nitrogens with one attached hydrogen (secondary N) is 1. The maximum absolute atomic E-state index is 12.1. The van der Waals surface area contributed by atoms with Crippen molar-refractivity contribution in [3.05, 3.63) is 45.3 Å². The quantitative estimate of drug-likeness (QED) is 0.668. The van der Waals surface area contributed by atoms with E-state index in [1.807, 2.05) is 0 Å². The van der Waals surface area contributed by atoms with Crippen molar-refractivity contribution in [2.75, 3.05) is 5.32 Å². The van der Waals surface area contributed by atoms with Gasteiger partial charge >= 0.3 is 0 Å². The lowest BCUT2D eigenvalue weighted by Gasteiger charge is -2.07. The molecule has 19 heavy (non-hydrogen) atoms. The zero-order valence-corrected chi connectivity index (χ0v) is 12.6. The van der Waals surface area contributed by atoms with Crippen LogP contribution in [0.3, 0.4) is 0 Å². The number of rotatable bonds is 3. The molecule has 0 bridgehead atoms. The van der Waals surface area contributed by atoms with Crippen LogP contribution in [0.5, 0.6) is 0 Å². The van der Waals surface area contributed by atoms with Crippen molar-refractivity contribution in [3.63, 3.8) is 0 Å². The molecule has 2 rings (SSSR count). The molecule has 0 saturated heterocycles. The second-order valence-electron chi connectivity index (χ2n) is 4.06. The predicted molar refractivity (Wildman–Crippen MR) is 80.3 cm³/mol. The van der Waals surface area contributed by atoms with Crippen molar-refractivity contribution < 1.29 is 9.59 Å². The van der Waals surface area contributed by atoms with Crippen LogP contribution in [-0.2, 0) is 7.05 Å². The molecular weight excluding hydrogens is 357 g/mol. The summed E-state index contributed by atoms with van der Waals surface area (Å²) in [6.45, 7) is 1.49. The molecule has 1 N–H and O–H groups in total. The third-order valence-corrected chi connectivity index (χ3v) is 3.43. The first kappa shape index (κ1) is 13.7. The molecule has 0 atom stereocenters. The standard InChI is InChI=1S/C13H12IN3O2/c1-8(18)9-4-3-5-10(6-9)16-13(19)12-11(14)7-15-17(12)2/h3-7H,1-2H3,(H,16,19). The lowest BCUT2D eigenvalue weighted by Crippen LogP contribution is -2.17. The fraction of sp³-hybridized carbons (Fsp3) is 0.154. The van der Waals surface area contributed by atoms with E-state index < -0.39 is 0 Å². The first-order valence-corrected chi connectivity index (χ1v) is 6.67. The molecule has 0 aliphatic carbocycles. The molecule has 0 radical (unpaired) electrons. The maximum Gasteiger partial charge on any atom is 0.275 e.